The quantitative estimate of drug-likeness (QED) is 0.807. The molecule has 0 radical (unpaired) electrons. The second-order valence-electron chi connectivity index (χ2n) is 8.95. The SMILES string of the molecule is CC(C)COC1CC(NC2CCCC(C)(C)C2)C1(C)C. The Morgan fingerprint density at radius 2 is 1.90 bits per heavy atom. The molecule has 2 nitrogen and oxygen atoms in total. The molecule has 0 bridgehead atoms. The van der Waals surface area contributed by atoms with Crippen molar-refractivity contribution in [2.75, 3.05) is 6.61 Å². The maximum Gasteiger partial charge on any atom is 0.0656 e. The van der Waals surface area contributed by atoms with Gasteiger partial charge in [0.25, 0.3) is 0 Å². The van der Waals surface area contributed by atoms with E-state index in [0.29, 0.717) is 29.5 Å². The van der Waals surface area contributed by atoms with E-state index < -0.39 is 0 Å². The van der Waals surface area contributed by atoms with Crippen LogP contribution in [-0.4, -0.2) is 24.8 Å². The van der Waals surface area contributed by atoms with Crippen molar-refractivity contribution in [1.82, 2.24) is 5.32 Å². The Kier molecular flexibility index (Phi) is 4.86. The summed E-state index contributed by atoms with van der Waals surface area (Å²) in [5.74, 6) is 0.636. The van der Waals surface area contributed by atoms with Crippen LogP contribution in [0.5, 0.6) is 0 Å². The van der Waals surface area contributed by atoms with Crippen LogP contribution in [0, 0.1) is 16.7 Å². The monoisotopic (exact) mass is 281 g/mol. The zero-order valence-corrected chi connectivity index (χ0v) is 14.5. The van der Waals surface area contributed by atoms with Gasteiger partial charge in [0.2, 0.25) is 0 Å². The van der Waals surface area contributed by atoms with Gasteiger partial charge in [-0.25, -0.2) is 0 Å². The molecule has 2 rings (SSSR count). The molecule has 118 valence electrons. The van der Waals surface area contributed by atoms with Gasteiger partial charge in [0, 0.05) is 24.1 Å². The molecule has 2 fully saturated rings. The maximum absolute atomic E-state index is 6.07. The van der Waals surface area contributed by atoms with E-state index in [2.05, 4.69) is 46.9 Å². The van der Waals surface area contributed by atoms with Gasteiger partial charge in [0.1, 0.15) is 0 Å². The molecular weight excluding hydrogens is 246 g/mol. The van der Waals surface area contributed by atoms with E-state index in [-0.39, 0.29) is 5.41 Å². The van der Waals surface area contributed by atoms with E-state index in [1.54, 1.807) is 0 Å². The van der Waals surface area contributed by atoms with Crippen LogP contribution in [0.2, 0.25) is 0 Å². The number of ether oxygens (including phenoxy) is 1. The summed E-state index contributed by atoms with van der Waals surface area (Å²) in [5.41, 5.74) is 0.813. The molecule has 2 saturated carbocycles. The van der Waals surface area contributed by atoms with Gasteiger partial charge in [0.05, 0.1) is 6.10 Å². The fourth-order valence-corrected chi connectivity index (χ4v) is 3.88. The molecule has 0 heterocycles. The van der Waals surface area contributed by atoms with E-state index in [9.17, 15) is 0 Å². The number of hydrogen-bond donors (Lipinski definition) is 1. The van der Waals surface area contributed by atoms with Crippen LogP contribution in [0.1, 0.15) is 73.6 Å². The van der Waals surface area contributed by atoms with Gasteiger partial charge in [-0.2, -0.15) is 0 Å². The summed E-state index contributed by atoms with van der Waals surface area (Å²) in [7, 11) is 0. The van der Waals surface area contributed by atoms with Crippen LogP contribution in [-0.2, 0) is 4.74 Å². The molecule has 3 unspecified atom stereocenters. The molecule has 2 aliphatic rings. The number of nitrogens with one attached hydrogen (secondary N) is 1. The Morgan fingerprint density at radius 3 is 2.45 bits per heavy atom. The zero-order valence-electron chi connectivity index (χ0n) is 14.5. The zero-order chi connectivity index (χ0) is 15.0. The molecule has 1 N–H and O–H groups in total. The first-order chi connectivity index (χ1) is 9.21. The maximum atomic E-state index is 6.07. The standard InChI is InChI=1S/C18H35NO/c1-13(2)12-20-16-10-15(18(16,5)6)19-14-8-7-9-17(3,4)11-14/h13-16,19H,7-12H2,1-6H3. The Labute approximate surface area is 126 Å². The van der Waals surface area contributed by atoms with Gasteiger partial charge in [-0.05, 0) is 37.0 Å². The lowest BCUT2D eigenvalue weighted by atomic mass is 9.63. The molecule has 0 spiro atoms. The van der Waals surface area contributed by atoms with Crippen molar-refractivity contribution in [3.05, 3.63) is 0 Å². The molecular formula is C18H35NO. The smallest absolute Gasteiger partial charge is 0.0656 e. The fourth-order valence-electron chi connectivity index (χ4n) is 3.88. The van der Waals surface area contributed by atoms with Gasteiger partial charge < -0.3 is 10.1 Å². The summed E-state index contributed by atoms with van der Waals surface area (Å²) in [5, 5.41) is 3.94. The van der Waals surface area contributed by atoms with Gasteiger partial charge >= 0.3 is 0 Å². The summed E-state index contributed by atoms with van der Waals surface area (Å²) in [6, 6.07) is 1.35. The van der Waals surface area contributed by atoms with Crippen LogP contribution in [0.15, 0.2) is 0 Å². The molecule has 0 aromatic carbocycles. The third-order valence-corrected chi connectivity index (χ3v) is 5.45. The molecule has 0 aliphatic heterocycles. The first kappa shape index (κ1) is 16.3. The van der Waals surface area contributed by atoms with Crippen LogP contribution >= 0.6 is 0 Å². The molecule has 3 atom stereocenters. The normalized spacial score (nSPS) is 35.9. The highest BCUT2D eigenvalue weighted by Gasteiger charge is 2.49. The van der Waals surface area contributed by atoms with E-state index in [0.717, 1.165) is 6.61 Å². The summed E-state index contributed by atoms with van der Waals surface area (Å²) in [6.45, 7) is 14.9. The first-order valence-electron chi connectivity index (χ1n) is 8.58. The van der Waals surface area contributed by atoms with E-state index >= 15 is 0 Å². The van der Waals surface area contributed by atoms with E-state index in [1.165, 1.54) is 32.1 Å². The second kappa shape index (κ2) is 5.96. The van der Waals surface area contributed by atoms with Crippen LogP contribution in [0.25, 0.3) is 0 Å². The Bertz CT molecular complexity index is 321. The highest BCUT2D eigenvalue weighted by Crippen LogP contribution is 2.44. The molecule has 2 aliphatic carbocycles. The highest BCUT2D eigenvalue weighted by molar-refractivity contribution is 5.04. The molecule has 0 aromatic heterocycles. The lowest BCUT2D eigenvalue weighted by Gasteiger charge is -2.54. The van der Waals surface area contributed by atoms with E-state index in [4.69, 9.17) is 4.74 Å². The van der Waals surface area contributed by atoms with Crippen LogP contribution in [0.4, 0.5) is 0 Å². The average molecular weight is 281 g/mol. The van der Waals surface area contributed by atoms with Crippen LogP contribution in [0.3, 0.4) is 0 Å². The predicted octanol–water partition coefficient (Wildman–Crippen LogP) is 4.38. The summed E-state index contributed by atoms with van der Waals surface area (Å²) >= 11 is 0. The predicted molar refractivity (Wildman–Crippen MR) is 85.9 cm³/mol. The minimum atomic E-state index is 0.288. The van der Waals surface area contributed by atoms with Crippen LogP contribution < -0.4 is 5.32 Å². The van der Waals surface area contributed by atoms with Crippen molar-refractivity contribution in [3.63, 3.8) is 0 Å². The number of hydrogen-bond acceptors (Lipinski definition) is 2. The van der Waals surface area contributed by atoms with Crippen molar-refractivity contribution in [2.24, 2.45) is 16.7 Å². The largest absolute Gasteiger partial charge is 0.377 e. The lowest BCUT2D eigenvalue weighted by Crippen LogP contribution is -2.63. The minimum absolute atomic E-state index is 0.288. The summed E-state index contributed by atoms with van der Waals surface area (Å²) in [6.07, 6.45) is 7.09. The molecule has 0 saturated heterocycles. The third-order valence-electron chi connectivity index (χ3n) is 5.45. The molecule has 2 heteroatoms. The van der Waals surface area contributed by atoms with Gasteiger partial charge in [-0.3, -0.25) is 0 Å². The highest BCUT2D eigenvalue weighted by atomic mass is 16.5. The third kappa shape index (κ3) is 3.76. The summed E-state index contributed by atoms with van der Waals surface area (Å²) < 4.78 is 6.07. The Balaban J connectivity index is 1.80. The fraction of sp³-hybridized carbons (Fsp3) is 1.00. The molecule has 20 heavy (non-hydrogen) atoms. The lowest BCUT2D eigenvalue weighted by molar-refractivity contribution is -0.127. The second-order valence-corrected chi connectivity index (χ2v) is 8.95. The van der Waals surface area contributed by atoms with Crippen molar-refractivity contribution in [3.8, 4) is 0 Å². The molecule has 0 amide bonds. The van der Waals surface area contributed by atoms with Gasteiger partial charge in [-0.15, -0.1) is 0 Å². The summed E-state index contributed by atoms with van der Waals surface area (Å²) in [4.78, 5) is 0. The Morgan fingerprint density at radius 1 is 1.20 bits per heavy atom. The molecule has 0 aromatic rings. The van der Waals surface area contributed by atoms with Gasteiger partial charge in [-0.1, -0.05) is 48.0 Å². The van der Waals surface area contributed by atoms with E-state index in [1.807, 2.05) is 0 Å². The number of rotatable bonds is 5. The average Bonchev–Trinajstić information content (AvgIpc) is 2.31. The van der Waals surface area contributed by atoms with Crippen molar-refractivity contribution < 1.29 is 4.74 Å². The van der Waals surface area contributed by atoms with Gasteiger partial charge in [0.15, 0.2) is 0 Å². The topological polar surface area (TPSA) is 21.3 Å². The van der Waals surface area contributed by atoms with Crippen molar-refractivity contribution in [1.29, 1.82) is 0 Å². The first-order valence-corrected chi connectivity index (χ1v) is 8.58. The minimum Gasteiger partial charge on any atom is -0.377 e. The Hall–Kier alpha value is -0.0800. The van der Waals surface area contributed by atoms with Crippen molar-refractivity contribution in [2.45, 2.75) is 91.8 Å². The van der Waals surface area contributed by atoms with Crippen molar-refractivity contribution >= 4 is 0 Å².